The molecule has 1 aliphatic rings. The van der Waals surface area contributed by atoms with Gasteiger partial charge in [0, 0.05) is 6.54 Å². The van der Waals surface area contributed by atoms with Gasteiger partial charge in [-0.15, -0.1) is 0 Å². The topological polar surface area (TPSA) is 58.3 Å². The SMILES string of the molecule is Cc1ccc(NCC2CCCC(O)C2)c(N)c1. The number of benzene rings is 1. The van der Waals surface area contributed by atoms with Gasteiger partial charge in [-0.25, -0.2) is 0 Å². The summed E-state index contributed by atoms with van der Waals surface area (Å²) in [6.07, 6.45) is 4.11. The van der Waals surface area contributed by atoms with Crippen LogP contribution in [0.1, 0.15) is 31.2 Å². The summed E-state index contributed by atoms with van der Waals surface area (Å²) in [4.78, 5) is 0. The van der Waals surface area contributed by atoms with Crippen LogP contribution in [0.15, 0.2) is 18.2 Å². The quantitative estimate of drug-likeness (QED) is 0.704. The van der Waals surface area contributed by atoms with E-state index in [-0.39, 0.29) is 6.10 Å². The first-order chi connectivity index (χ1) is 8.15. The zero-order chi connectivity index (χ0) is 12.3. The van der Waals surface area contributed by atoms with E-state index in [0.29, 0.717) is 5.92 Å². The van der Waals surface area contributed by atoms with Crippen molar-refractivity contribution in [1.29, 1.82) is 0 Å². The highest BCUT2D eigenvalue weighted by Gasteiger charge is 2.19. The molecule has 1 aromatic carbocycles. The van der Waals surface area contributed by atoms with Crippen molar-refractivity contribution < 1.29 is 5.11 Å². The van der Waals surface area contributed by atoms with Gasteiger partial charge in [0.1, 0.15) is 0 Å². The normalized spacial score (nSPS) is 24.6. The summed E-state index contributed by atoms with van der Waals surface area (Å²) >= 11 is 0. The summed E-state index contributed by atoms with van der Waals surface area (Å²) in [7, 11) is 0. The molecule has 3 nitrogen and oxygen atoms in total. The molecule has 2 unspecified atom stereocenters. The number of rotatable bonds is 3. The molecule has 2 rings (SSSR count). The third-order valence-corrected chi connectivity index (χ3v) is 3.54. The first kappa shape index (κ1) is 12.2. The third-order valence-electron chi connectivity index (χ3n) is 3.54. The second kappa shape index (κ2) is 5.41. The van der Waals surface area contributed by atoms with Crippen molar-refractivity contribution in [3.05, 3.63) is 23.8 Å². The molecule has 0 bridgehead atoms. The van der Waals surface area contributed by atoms with E-state index in [0.717, 1.165) is 37.2 Å². The maximum absolute atomic E-state index is 9.62. The first-order valence-electron chi connectivity index (χ1n) is 6.43. The lowest BCUT2D eigenvalue weighted by Gasteiger charge is -2.26. The number of aliphatic hydroxyl groups excluding tert-OH is 1. The fraction of sp³-hybridized carbons (Fsp3) is 0.571. The van der Waals surface area contributed by atoms with Gasteiger partial charge in [0.15, 0.2) is 0 Å². The highest BCUT2D eigenvalue weighted by molar-refractivity contribution is 5.66. The number of hydrogen-bond acceptors (Lipinski definition) is 3. The van der Waals surface area contributed by atoms with Crippen molar-refractivity contribution in [3.63, 3.8) is 0 Å². The van der Waals surface area contributed by atoms with Crippen LogP contribution in [0.2, 0.25) is 0 Å². The van der Waals surface area contributed by atoms with Gasteiger partial charge < -0.3 is 16.2 Å². The molecular formula is C14H22N2O. The zero-order valence-corrected chi connectivity index (χ0v) is 10.4. The number of nitrogen functional groups attached to an aromatic ring is 1. The second-order valence-corrected chi connectivity index (χ2v) is 5.16. The number of hydrogen-bond donors (Lipinski definition) is 3. The van der Waals surface area contributed by atoms with E-state index in [1.165, 1.54) is 12.0 Å². The number of aliphatic hydroxyl groups is 1. The standard InChI is InChI=1S/C14H22N2O/c1-10-5-6-14(13(15)7-10)16-9-11-3-2-4-12(17)8-11/h5-7,11-12,16-17H,2-4,8-9,15H2,1H3. The van der Waals surface area contributed by atoms with Crippen molar-refractivity contribution >= 4 is 11.4 Å². The van der Waals surface area contributed by atoms with E-state index in [2.05, 4.69) is 11.4 Å². The molecule has 0 amide bonds. The molecule has 0 heterocycles. The van der Waals surface area contributed by atoms with Gasteiger partial charge in [-0.2, -0.15) is 0 Å². The maximum atomic E-state index is 9.62. The Morgan fingerprint density at radius 1 is 1.41 bits per heavy atom. The Kier molecular flexibility index (Phi) is 3.89. The fourth-order valence-corrected chi connectivity index (χ4v) is 2.55. The summed E-state index contributed by atoms with van der Waals surface area (Å²) in [5.74, 6) is 0.569. The molecule has 94 valence electrons. The van der Waals surface area contributed by atoms with Gasteiger partial charge in [0.2, 0.25) is 0 Å². The Balaban J connectivity index is 1.88. The Morgan fingerprint density at radius 2 is 2.24 bits per heavy atom. The fourth-order valence-electron chi connectivity index (χ4n) is 2.55. The van der Waals surface area contributed by atoms with E-state index in [4.69, 9.17) is 5.73 Å². The van der Waals surface area contributed by atoms with Gasteiger partial charge >= 0.3 is 0 Å². The minimum atomic E-state index is -0.106. The van der Waals surface area contributed by atoms with E-state index < -0.39 is 0 Å². The second-order valence-electron chi connectivity index (χ2n) is 5.16. The van der Waals surface area contributed by atoms with Crippen LogP contribution in [0, 0.1) is 12.8 Å². The summed E-state index contributed by atoms with van der Waals surface area (Å²) in [5.41, 5.74) is 8.95. The van der Waals surface area contributed by atoms with Crippen molar-refractivity contribution in [1.82, 2.24) is 0 Å². The minimum Gasteiger partial charge on any atom is -0.397 e. The first-order valence-corrected chi connectivity index (χ1v) is 6.43. The van der Waals surface area contributed by atoms with Crippen molar-refractivity contribution in [3.8, 4) is 0 Å². The van der Waals surface area contributed by atoms with Crippen molar-refractivity contribution in [2.45, 2.75) is 38.7 Å². The molecule has 1 fully saturated rings. The lowest BCUT2D eigenvalue weighted by molar-refractivity contribution is 0.105. The van der Waals surface area contributed by atoms with Crippen molar-refractivity contribution in [2.24, 2.45) is 5.92 Å². The molecule has 0 radical (unpaired) electrons. The van der Waals surface area contributed by atoms with Crippen molar-refractivity contribution in [2.75, 3.05) is 17.6 Å². The number of anilines is 2. The molecule has 17 heavy (non-hydrogen) atoms. The summed E-state index contributed by atoms with van der Waals surface area (Å²) in [5, 5.41) is 13.0. The maximum Gasteiger partial charge on any atom is 0.0574 e. The number of nitrogens with one attached hydrogen (secondary N) is 1. The molecule has 1 aromatic rings. The minimum absolute atomic E-state index is 0.106. The van der Waals surface area contributed by atoms with Gasteiger partial charge in [-0.3, -0.25) is 0 Å². The summed E-state index contributed by atoms with van der Waals surface area (Å²) in [6.45, 7) is 2.95. The summed E-state index contributed by atoms with van der Waals surface area (Å²) < 4.78 is 0. The van der Waals surface area contributed by atoms with Crippen LogP contribution < -0.4 is 11.1 Å². The average molecular weight is 234 g/mol. The Hall–Kier alpha value is -1.22. The predicted molar refractivity (Wildman–Crippen MR) is 72.0 cm³/mol. The number of aryl methyl sites for hydroxylation is 1. The number of nitrogens with two attached hydrogens (primary N) is 1. The zero-order valence-electron chi connectivity index (χ0n) is 10.4. The summed E-state index contributed by atoms with van der Waals surface area (Å²) in [6, 6.07) is 6.08. The Labute approximate surface area is 103 Å². The molecule has 0 aromatic heterocycles. The smallest absolute Gasteiger partial charge is 0.0574 e. The van der Waals surface area contributed by atoms with Gasteiger partial charge in [-0.05, 0) is 49.8 Å². The Bertz CT molecular complexity index is 378. The Morgan fingerprint density at radius 3 is 2.94 bits per heavy atom. The van der Waals surface area contributed by atoms with E-state index in [9.17, 15) is 5.11 Å². The van der Waals surface area contributed by atoms with Crippen LogP contribution in [-0.2, 0) is 0 Å². The third kappa shape index (κ3) is 3.37. The molecule has 4 N–H and O–H groups in total. The van der Waals surface area contributed by atoms with Gasteiger partial charge in [0.05, 0.1) is 17.5 Å². The molecule has 1 aliphatic carbocycles. The molecule has 3 heteroatoms. The lowest BCUT2D eigenvalue weighted by atomic mass is 9.87. The monoisotopic (exact) mass is 234 g/mol. The molecule has 1 saturated carbocycles. The van der Waals surface area contributed by atoms with Gasteiger partial charge in [0.25, 0.3) is 0 Å². The molecular weight excluding hydrogens is 212 g/mol. The largest absolute Gasteiger partial charge is 0.397 e. The van der Waals surface area contributed by atoms with E-state index in [1.54, 1.807) is 0 Å². The molecule has 2 atom stereocenters. The van der Waals surface area contributed by atoms with Crippen LogP contribution in [0.4, 0.5) is 11.4 Å². The van der Waals surface area contributed by atoms with Crippen LogP contribution in [-0.4, -0.2) is 17.8 Å². The van der Waals surface area contributed by atoms with Crippen LogP contribution in [0.3, 0.4) is 0 Å². The van der Waals surface area contributed by atoms with Crippen LogP contribution >= 0.6 is 0 Å². The lowest BCUT2D eigenvalue weighted by Crippen LogP contribution is -2.25. The molecule has 0 aliphatic heterocycles. The molecule has 0 spiro atoms. The predicted octanol–water partition coefficient (Wildman–Crippen LogP) is 2.54. The van der Waals surface area contributed by atoms with E-state index >= 15 is 0 Å². The van der Waals surface area contributed by atoms with E-state index in [1.807, 2.05) is 19.1 Å². The van der Waals surface area contributed by atoms with Gasteiger partial charge in [-0.1, -0.05) is 12.5 Å². The highest BCUT2D eigenvalue weighted by Crippen LogP contribution is 2.26. The highest BCUT2D eigenvalue weighted by atomic mass is 16.3. The molecule has 0 saturated heterocycles. The van der Waals surface area contributed by atoms with Crippen LogP contribution in [0.25, 0.3) is 0 Å². The average Bonchev–Trinajstić information content (AvgIpc) is 2.28. The van der Waals surface area contributed by atoms with Crippen LogP contribution in [0.5, 0.6) is 0 Å².